The molecular weight excluding hydrogens is 232 g/mol. The summed E-state index contributed by atoms with van der Waals surface area (Å²) in [7, 11) is 1.37. The number of hydrogen-bond donors (Lipinski definition) is 4. The molecular formula is C9H14N2O6. The number of carboxylic acids is 2. The standard InChI is InChI=1S/C9H14N2O6/c1-10-6(9(16)17)4-7(13)11-5(2-3-12)8(14)15/h3,5-6,10H,2,4H2,1H3,(H,11,13)(H,14,15)(H,16,17). The molecule has 8 heteroatoms. The molecule has 0 fully saturated rings. The molecule has 0 heterocycles. The van der Waals surface area contributed by atoms with Crippen LogP contribution in [0.15, 0.2) is 0 Å². The highest BCUT2D eigenvalue weighted by molar-refractivity contribution is 5.88. The zero-order valence-corrected chi connectivity index (χ0v) is 9.17. The van der Waals surface area contributed by atoms with Gasteiger partial charge in [0.25, 0.3) is 0 Å². The van der Waals surface area contributed by atoms with Crippen molar-refractivity contribution in [3.63, 3.8) is 0 Å². The van der Waals surface area contributed by atoms with Crippen LogP contribution in [0.3, 0.4) is 0 Å². The first kappa shape index (κ1) is 15.0. The molecule has 0 rings (SSSR count). The Morgan fingerprint density at radius 3 is 2.06 bits per heavy atom. The fraction of sp³-hybridized carbons (Fsp3) is 0.556. The van der Waals surface area contributed by atoms with Gasteiger partial charge in [-0.2, -0.15) is 0 Å². The fourth-order valence-electron chi connectivity index (χ4n) is 1.07. The van der Waals surface area contributed by atoms with Gasteiger partial charge in [-0.25, -0.2) is 4.79 Å². The summed E-state index contributed by atoms with van der Waals surface area (Å²) in [5.41, 5.74) is 0. The summed E-state index contributed by atoms with van der Waals surface area (Å²) in [4.78, 5) is 42.7. The lowest BCUT2D eigenvalue weighted by molar-refractivity contribution is -0.143. The van der Waals surface area contributed by atoms with Crippen molar-refractivity contribution < 1.29 is 29.4 Å². The van der Waals surface area contributed by atoms with E-state index in [-0.39, 0.29) is 6.42 Å². The number of carboxylic acid groups (broad SMARTS) is 2. The van der Waals surface area contributed by atoms with E-state index in [0.29, 0.717) is 6.29 Å². The van der Waals surface area contributed by atoms with Gasteiger partial charge in [0.05, 0.1) is 6.42 Å². The first-order valence-electron chi connectivity index (χ1n) is 4.78. The first-order chi connectivity index (χ1) is 7.92. The molecule has 17 heavy (non-hydrogen) atoms. The van der Waals surface area contributed by atoms with Crippen molar-refractivity contribution in [2.24, 2.45) is 0 Å². The third kappa shape index (κ3) is 5.61. The van der Waals surface area contributed by atoms with Gasteiger partial charge < -0.3 is 25.6 Å². The average Bonchev–Trinajstić information content (AvgIpc) is 2.24. The van der Waals surface area contributed by atoms with Crippen LogP contribution in [0.4, 0.5) is 0 Å². The maximum Gasteiger partial charge on any atom is 0.326 e. The summed E-state index contributed by atoms with van der Waals surface area (Å²) in [5.74, 6) is -3.31. The van der Waals surface area contributed by atoms with Crippen LogP contribution in [0.5, 0.6) is 0 Å². The van der Waals surface area contributed by atoms with Gasteiger partial charge in [0.2, 0.25) is 5.91 Å². The number of amides is 1. The number of rotatable bonds is 8. The molecule has 0 aromatic rings. The van der Waals surface area contributed by atoms with Crippen LogP contribution in [-0.4, -0.2) is 53.5 Å². The van der Waals surface area contributed by atoms with Crippen molar-refractivity contribution in [2.75, 3.05) is 7.05 Å². The van der Waals surface area contributed by atoms with Crippen molar-refractivity contribution in [2.45, 2.75) is 24.9 Å². The van der Waals surface area contributed by atoms with Crippen molar-refractivity contribution >= 4 is 24.1 Å². The quantitative estimate of drug-likeness (QED) is 0.371. The van der Waals surface area contributed by atoms with Gasteiger partial charge in [0, 0.05) is 6.42 Å². The minimum absolute atomic E-state index is 0.363. The lowest BCUT2D eigenvalue weighted by atomic mass is 10.1. The van der Waals surface area contributed by atoms with Crippen LogP contribution in [0.25, 0.3) is 0 Å². The highest BCUT2D eigenvalue weighted by atomic mass is 16.4. The van der Waals surface area contributed by atoms with Crippen LogP contribution >= 0.6 is 0 Å². The smallest absolute Gasteiger partial charge is 0.326 e. The zero-order chi connectivity index (χ0) is 13.4. The van der Waals surface area contributed by atoms with Gasteiger partial charge in [-0.05, 0) is 7.05 Å². The van der Waals surface area contributed by atoms with Gasteiger partial charge in [-0.15, -0.1) is 0 Å². The molecule has 2 unspecified atom stereocenters. The van der Waals surface area contributed by atoms with E-state index in [9.17, 15) is 19.2 Å². The molecule has 8 nitrogen and oxygen atoms in total. The van der Waals surface area contributed by atoms with E-state index < -0.39 is 36.4 Å². The molecule has 96 valence electrons. The second-order valence-electron chi connectivity index (χ2n) is 3.24. The number of nitrogens with one attached hydrogen (secondary N) is 2. The van der Waals surface area contributed by atoms with Crippen molar-refractivity contribution in [1.82, 2.24) is 10.6 Å². The lowest BCUT2D eigenvalue weighted by Crippen LogP contribution is -2.45. The molecule has 0 saturated heterocycles. The average molecular weight is 246 g/mol. The van der Waals surface area contributed by atoms with Crippen LogP contribution in [-0.2, 0) is 19.2 Å². The summed E-state index contributed by atoms with van der Waals surface area (Å²) >= 11 is 0. The number of aldehydes is 1. The molecule has 0 aromatic heterocycles. The molecule has 0 spiro atoms. The van der Waals surface area contributed by atoms with Crippen molar-refractivity contribution in [1.29, 1.82) is 0 Å². The Morgan fingerprint density at radius 2 is 1.71 bits per heavy atom. The molecule has 2 atom stereocenters. The van der Waals surface area contributed by atoms with E-state index in [2.05, 4.69) is 10.6 Å². The first-order valence-corrected chi connectivity index (χ1v) is 4.78. The predicted molar refractivity (Wildman–Crippen MR) is 55.3 cm³/mol. The Morgan fingerprint density at radius 1 is 1.18 bits per heavy atom. The third-order valence-corrected chi connectivity index (χ3v) is 2.00. The topological polar surface area (TPSA) is 133 Å². The molecule has 0 aromatic carbocycles. The highest BCUT2D eigenvalue weighted by Gasteiger charge is 2.23. The second kappa shape index (κ2) is 7.34. The summed E-state index contributed by atoms with van der Waals surface area (Å²) < 4.78 is 0. The van der Waals surface area contributed by atoms with E-state index >= 15 is 0 Å². The molecule has 0 saturated carbocycles. The monoisotopic (exact) mass is 246 g/mol. The molecule has 0 radical (unpaired) electrons. The van der Waals surface area contributed by atoms with E-state index in [1.807, 2.05) is 0 Å². The van der Waals surface area contributed by atoms with Gasteiger partial charge in [-0.1, -0.05) is 0 Å². The molecule has 0 bridgehead atoms. The Hall–Kier alpha value is -1.96. The Kier molecular flexibility index (Phi) is 6.49. The summed E-state index contributed by atoms with van der Waals surface area (Å²) in [6.45, 7) is 0. The largest absolute Gasteiger partial charge is 0.480 e. The van der Waals surface area contributed by atoms with Gasteiger partial charge in [-0.3, -0.25) is 9.59 Å². The molecule has 0 aliphatic carbocycles. The number of carbonyl (C=O) groups is 4. The molecule has 1 amide bonds. The molecule has 0 aliphatic rings. The number of aliphatic carboxylic acids is 2. The molecule has 0 aliphatic heterocycles. The number of carbonyl (C=O) groups excluding carboxylic acids is 2. The summed E-state index contributed by atoms with van der Waals surface area (Å²) in [5, 5.41) is 21.8. The zero-order valence-electron chi connectivity index (χ0n) is 9.17. The predicted octanol–water partition coefficient (Wildman–Crippen LogP) is -1.79. The SMILES string of the molecule is CNC(CC(=O)NC(CC=O)C(=O)O)C(=O)O. The van der Waals surface area contributed by atoms with E-state index in [0.717, 1.165) is 0 Å². The summed E-state index contributed by atoms with van der Waals surface area (Å²) in [6, 6.07) is -2.42. The number of hydrogen-bond acceptors (Lipinski definition) is 5. The maximum absolute atomic E-state index is 11.3. The van der Waals surface area contributed by atoms with Gasteiger partial charge in [0.1, 0.15) is 18.4 Å². The van der Waals surface area contributed by atoms with Gasteiger partial charge in [0.15, 0.2) is 0 Å². The lowest BCUT2D eigenvalue weighted by Gasteiger charge is -2.14. The third-order valence-electron chi connectivity index (χ3n) is 2.00. The van der Waals surface area contributed by atoms with Crippen molar-refractivity contribution in [3.05, 3.63) is 0 Å². The minimum atomic E-state index is -1.35. The van der Waals surface area contributed by atoms with Gasteiger partial charge >= 0.3 is 11.9 Å². The Labute approximate surface area is 97.0 Å². The Balaban J connectivity index is 4.36. The van der Waals surface area contributed by atoms with E-state index in [4.69, 9.17) is 10.2 Å². The van der Waals surface area contributed by atoms with Crippen LogP contribution in [0.1, 0.15) is 12.8 Å². The number of likely N-dealkylation sites (N-methyl/N-ethyl adjacent to an activating group) is 1. The van der Waals surface area contributed by atoms with Crippen molar-refractivity contribution in [3.8, 4) is 0 Å². The fourth-order valence-corrected chi connectivity index (χ4v) is 1.07. The Bertz CT molecular complexity index is 317. The van der Waals surface area contributed by atoms with Crippen LogP contribution in [0.2, 0.25) is 0 Å². The van der Waals surface area contributed by atoms with E-state index in [1.54, 1.807) is 0 Å². The molecule has 4 N–H and O–H groups in total. The summed E-state index contributed by atoms with van der Waals surface area (Å²) in [6.07, 6.45) is -0.404. The second-order valence-corrected chi connectivity index (χ2v) is 3.24. The normalized spacial score (nSPS) is 13.5. The van der Waals surface area contributed by atoms with Crippen LogP contribution in [0, 0.1) is 0 Å². The van der Waals surface area contributed by atoms with Crippen LogP contribution < -0.4 is 10.6 Å². The maximum atomic E-state index is 11.3. The highest BCUT2D eigenvalue weighted by Crippen LogP contribution is 1.95. The minimum Gasteiger partial charge on any atom is -0.480 e. The van der Waals surface area contributed by atoms with E-state index in [1.165, 1.54) is 7.05 Å².